The molecular weight excluding hydrogens is 220 g/mol. The average Bonchev–Trinajstić information content (AvgIpc) is 2.59. The van der Waals surface area contributed by atoms with Crippen molar-refractivity contribution >= 4 is 12.2 Å². The van der Waals surface area contributed by atoms with E-state index in [4.69, 9.17) is 17.0 Å². The van der Waals surface area contributed by atoms with Crippen LogP contribution in [0, 0.1) is 11.7 Å². The zero-order valence-corrected chi connectivity index (χ0v) is 10.2. The first-order valence-electron chi connectivity index (χ1n) is 5.22. The molecule has 0 amide bonds. The van der Waals surface area contributed by atoms with E-state index in [1.807, 2.05) is 48.9 Å². The first kappa shape index (κ1) is 11.0. The van der Waals surface area contributed by atoms with Gasteiger partial charge in [0.1, 0.15) is 5.75 Å². The lowest BCUT2D eigenvalue weighted by Crippen LogP contribution is -1.98. The lowest BCUT2D eigenvalue weighted by molar-refractivity contribution is 0.340. The zero-order valence-electron chi connectivity index (χ0n) is 9.36. The van der Waals surface area contributed by atoms with Crippen LogP contribution in [0.2, 0.25) is 0 Å². The minimum absolute atomic E-state index is 0.668. The molecule has 0 aliphatic heterocycles. The van der Waals surface area contributed by atoms with E-state index in [-0.39, 0.29) is 0 Å². The first-order chi connectivity index (χ1) is 7.72. The van der Waals surface area contributed by atoms with E-state index in [1.54, 1.807) is 0 Å². The lowest BCUT2D eigenvalue weighted by atomic mass is 10.3. The quantitative estimate of drug-likeness (QED) is 0.826. The molecule has 2 rings (SSSR count). The van der Waals surface area contributed by atoms with Crippen LogP contribution >= 0.6 is 12.2 Å². The number of hydrogen-bond donors (Lipinski definition) is 1. The summed E-state index contributed by atoms with van der Waals surface area (Å²) in [5, 5.41) is 0. The van der Waals surface area contributed by atoms with Gasteiger partial charge in [-0.05, 0) is 38.2 Å². The number of ether oxygens (including phenoxy) is 1. The van der Waals surface area contributed by atoms with Crippen molar-refractivity contribution in [1.82, 2.24) is 9.55 Å². The molecule has 0 saturated carbocycles. The summed E-state index contributed by atoms with van der Waals surface area (Å²) in [6.07, 6.45) is 1.90. The van der Waals surface area contributed by atoms with Crippen LogP contribution in [0.3, 0.4) is 0 Å². The van der Waals surface area contributed by atoms with Crippen molar-refractivity contribution in [3.05, 3.63) is 40.9 Å². The molecular formula is C12H14N2OS. The Morgan fingerprint density at radius 1 is 1.44 bits per heavy atom. The Kier molecular flexibility index (Phi) is 3.10. The van der Waals surface area contributed by atoms with Gasteiger partial charge in [-0.1, -0.05) is 6.07 Å². The van der Waals surface area contributed by atoms with E-state index in [0.29, 0.717) is 11.4 Å². The van der Waals surface area contributed by atoms with Crippen molar-refractivity contribution in [2.24, 2.45) is 0 Å². The number of aromatic nitrogens is 2. The second kappa shape index (κ2) is 4.53. The van der Waals surface area contributed by atoms with Crippen LogP contribution in [0.25, 0.3) is 5.69 Å². The maximum absolute atomic E-state index is 5.47. The molecule has 1 N–H and O–H groups in total. The first-order valence-corrected chi connectivity index (χ1v) is 5.63. The summed E-state index contributed by atoms with van der Waals surface area (Å²) in [4.78, 5) is 3.02. The fourth-order valence-corrected chi connectivity index (χ4v) is 1.96. The van der Waals surface area contributed by atoms with Crippen molar-refractivity contribution < 1.29 is 4.74 Å². The molecule has 0 radical (unpaired) electrons. The third-order valence-corrected chi connectivity index (χ3v) is 2.65. The number of nitrogens with one attached hydrogen (secondary N) is 1. The third kappa shape index (κ3) is 2.02. The second-order valence-electron chi connectivity index (χ2n) is 3.50. The van der Waals surface area contributed by atoms with Crippen LogP contribution in [0.15, 0.2) is 30.5 Å². The molecule has 0 aliphatic carbocycles. The summed E-state index contributed by atoms with van der Waals surface area (Å²) < 4.78 is 8.15. The van der Waals surface area contributed by atoms with Crippen molar-refractivity contribution in [3.8, 4) is 11.4 Å². The molecule has 0 saturated heterocycles. The summed E-state index contributed by atoms with van der Waals surface area (Å²) in [5.41, 5.74) is 2.10. The molecule has 0 bridgehead atoms. The van der Waals surface area contributed by atoms with Crippen molar-refractivity contribution in [2.75, 3.05) is 6.61 Å². The Morgan fingerprint density at radius 2 is 2.25 bits per heavy atom. The number of H-pyrrole nitrogens is 1. The fourth-order valence-electron chi connectivity index (χ4n) is 1.66. The Morgan fingerprint density at radius 3 is 2.88 bits per heavy atom. The van der Waals surface area contributed by atoms with Crippen LogP contribution in [0.1, 0.15) is 12.6 Å². The highest BCUT2D eigenvalue weighted by Gasteiger charge is 2.03. The summed E-state index contributed by atoms with van der Waals surface area (Å²) in [7, 11) is 0. The molecule has 84 valence electrons. The maximum atomic E-state index is 5.47. The molecule has 3 nitrogen and oxygen atoms in total. The van der Waals surface area contributed by atoms with Crippen LogP contribution in [0.5, 0.6) is 5.75 Å². The average molecular weight is 234 g/mol. The highest BCUT2D eigenvalue weighted by Crippen LogP contribution is 2.18. The lowest BCUT2D eigenvalue weighted by Gasteiger charge is -2.08. The van der Waals surface area contributed by atoms with Crippen LogP contribution in [-0.4, -0.2) is 16.2 Å². The van der Waals surface area contributed by atoms with Gasteiger partial charge in [0.15, 0.2) is 4.77 Å². The number of rotatable bonds is 3. The highest BCUT2D eigenvalue weighted by atomic mass is 32.1. The predicted octanol–water partition coefficient (Wildman–Crippen LogP) is 3.24. The molecule has 0 fully saturated rings. The van der Waals surface area contributed by atoms with Gasteiger partial charge in [-0.15, -0.1) is 0 Å². The molecule has 1 aromatic carbocycles. The number of imidazole rings is 1. The van der Waals surface area contributed by atoms with Crippen molar-refractivity contribution in [2.45, 2.75) is 13.8 Å². The van der Waals surface area contributed by atoms with Gasteiger partial charge in [-0.3, -0.25) is 4.57 Å². The summed E-state index contributed by atoms with van der Waals surface area (Å²) in [6.45, 7) is 4.65. The molecule has 0 unspecified atom stereocenters. The van der Waals surface area contributed by atoms with E-state index in [2.05, 4.69) is 4.98 Å². The molecule has 1 aromatic heterocycles. The van der Waals surface area contributed by atoms with Gasteiger partial charge in [0.25, 0.3) is 0 Å². The van der Waals surface area contributed by atoms with E-state index in [1.165, 1.54) is 0 Å². The Hall–Kier alpha value is -1.55. The van der Waals surface area contributed by atoms with Crippen LogP contribution in [0.4, 0.5) is 0 Å². The Labute approximate surface area is 99.7 Å². The summed E-state index contributed by atoms with van der Waals surface area (Å²) in [5.74, 6) is 0.863. The molecule has 16 heavy (non-hydrogen) atoms. The van der Waals surface area contributed by atoms with E-state index < -0.39 is 0 Å². The molecule has 1 heterocycles. The number of hydrogen-bond acceptors (Lipinski definition) is 2. The smallest absolute Gasteiger partial charge is 0.182 e. The zero-order chi connectivity index (χ0) is 11.5. The van der Waals surface area contributed by atoms with Gasteiger partial charge in [0.05, 0.1) is 12.3 Å². The third-order valence-electron chi connectivity index (χ3n) is 2.35. The van der Waals surface area contributed by atoms with Crippen LogP contribution in [-0.2, 0) is 0 Å². The van der Waals surface area contributed by atoms with Gasteiger partial charge in [0.2, 0.25) is 0 Å². The SMILES string of the molecule is CCOc1cccc(-n2c(C)c[nH]c2=S)c1. The highest BCUT2D eigenvalue weighted by molar-refractivity contribution is 7.71. The number of aromatic amines is 1. The minimum atomic E-state index is 0.668. The molecule has 2 aromatic rings. The fraction of sp³-hybridized carbons (Fsp3) is 0.250. The predicted molar refractivity (Wildman–Crippen MR) is 66.9 cm³/mol. The van der Waals surface area contributed by atoms with Crippen molar-refractivity contribution in [1.29, 1.82) is 0 Å². The second-order valence-corrected chi connectivity index (χ2v) is 3.89. The van der Waals surface area contributed by atoms with Gasteiger partial charge in [-0.25, -0.2) is 0 Å². The summed E-state index contributed by atoms with van der Waals surface area (Å²) in [6, 6.07) is 7.91. The normalized spacial score (nSPS) is 10.4. The topological polar surface area (TPSA) is 29.9 Å². The van der Waals surface area contributed by atoms with E-state index in [9.17, 15) is 0 Å². The van der Waals surface area contributed by atoms with Gasteiger partial charge < -0.3 is 9.72 Å². The maximum Gasteiger partial charge on any atom is 0.182 e. The van der Waals surface area contributed by atoms with Gasteiger partial charge >= 0.3 is 0 Å². The van der Waals surface area contributed by atoms with E-state index >= 15 is 0 Å². The molecule has 4 heteroatoms. The molecule has 0 spiro atoms. The van der Waals surface area contributed by atoms with Gasteiger partial charge in [-0.2, -0.15) is 0 Å². The minimum Gasteiger partial charge on any atom is -0.494 e. The van der Waals surface area contributed by atoms with E-state index in [0.717, 1.165) is 17.1 Å². The summed E-state index contributed by atoms with van der Waals surface area (Å²) >= 11 is 5.23. The number of benzene rings is 1. The monoisotopic (exact) mass is 234 g/mol. The van der Waals surface area contributed by atoms with Crippen molar-refractivity contribution in [3.63, 3.8) is 0 Å². The van der Waals surface area contributed by atoms with Crippen LogP contribution < -0.4 is 4.74 Å². The largest absolute Gasteiger partial charge is 0.494 e. The number of aryl methyl sites for hydroxylation is 1. The number of nitrogens with zero attached hydrogens (tertiary/aromatic N) is 1. The molecule has 0 atom stereocenters. The van der Waals surface area contributed by atoms with Gasteiger partial charge in [0, 0.05) is 18.0 Å². The molecule has 0 aliphatic rings. The Bertz CT molecular complexity index is 542. The Balaban J connectivity index is 2.48. The standard InChI is InChI=1S/C12H14N2OS/c1-3-15-11-6-4-5-10(7-11)14-9(2)8-13-12(14)16/h4-8H,3H2,1-2H3,(H,13,16).